The van der Waals surface area contributed by atoms with Crippen LogP contribution in [0.1, 0.15) is 11.1 Å². The number of halogens is 1. The zero-order chi connectivity index (χ0) is 21.6. The maximum atomic E-state index is 13.2. The lowest BCUT2D eigenvalue weighted by Gasteiger charge is -2.24. The molecule has 0 unspecified atom stereocenters. The molecule has 154 valence electrons. The number of benzene rings is 3. The van der Waals surface area contributed by atoms with Crippen LogP contribution in [0.15, 0.2) is 88.9 Å². The summed E-state index contributed by atoms with van der Waals surface area (Å²) in [6, 6.07) is 21.9. The maximum Gasteiger partial charge on any atom is 0.264 e. The second-order valence-electron chi connectivity index (χ2n) is 6.48. The van der Waals surface area contributed by atoms with Crippen LogP contribution in [0.2, 0.25) is 5.02 Å². The molecule has 6 nitrogen and oxygen atoms in total. The largest absolute Gasteiger partial charge is 0.271 e. The normalized spacial score (nSPS) is 11.4. The van der Waals surface area contributed by atoms with E-state index in [0.717, 1.165) is 15.4 Å². The number of anilines is 1. The maximum absolute atomic E-state index is 13.2. The zero-order valence-corrected chi connectivity index (χ0v) is 17.8. The average Bonchev–Trinajstić information content (AvgIpc) is 2.73. The van der Waals surface area contributed by atoms with Gasteiger partial charge in [0.05, 0.1) is 21.8 Å². The van der Waals surface area contributed by atoms with Crippen molar-refractivity contribution in [2.45, 2.75) is 11.8 Å². The van der Waals surface area contributed by atoms with Gasteiger partial charge < -0.3 is 0 Å². The van der Waals surface area contributed by atoms with Crippen LogP contribution in [-0.4, -0.2) is 27.1 Å². The van der Waals surface area contributed by atoms with Gasteiger partial charge >= 0.3 is 0 Å². The summed E-state index contributed by atoms with van der Waals surface area (Å²) in [7, 11) is -4.02. The first kappa shape index (κ1) is 21.5. The van der Waals surface area contributed by atoms with Crippen LogP contribution < -0.4 is 9.73 Å². The van der Waals surface area contributed by atoms with E-state index < -0.39 is 22.5 Å². The summed E-state index contributed by atoms with van der Waals surface area (Å²) >= 11 is 6.23. The Labute approximate surface area is 180 Å². The number of hydrogen-bond acceptors (Lipinski definition) is 4. The third-order valence-corrected chi connectivity index (χ3v) is 6.28. The predicted molar refractivity (Wildman–Crippen MR) is 119 cm³/mol. The minimum atomic E-state index is -4.02. The second kappa shape index (κ2) is 9.56. The fourth-order valence-electron chi connectivity index (χ4n) is 2.77. The van der Waals surface area contributed by atoms with Gasteiger partial charge in [0.15, 0.2) is 0 Å². The molecule has 0 aliphatic carbocycles. The Morgan fingerprint density at radius 3 is 2.43 bits per heavy atom. The molecular formula is C22H20ClN3O3S. The molecule has 0 aromatic heterocycles. The number of sulfonamides is 1. The van der Waals surface area contributed by atoms with E-state index in [-0.39, 0.29) is 15.6 Å². The van der Waals surface area contributed by atoms with Gasteiger partial charge in [0.1, 0.15) is 6.54 Å². The van der Waals surface area contributed by atoms with Crippen molar-refractivity contribution in [3.8, 4) is 0 Å². The number of hydrazone groups is 1. The summed E-state index contributed by atoms with van der Waals surface area (Å²) in [4.78, 5) is 12.6. The lowest BCUT2D eigenvalue weighted by molar-refractivity contribution is -0.119. The molecule has 0 saturated carbocycles. The molecule has 0 aliphatic rings. The quantitative estimate of drug-likeness (QED) is 0.444. The molecule has 0 aliphatic heterocycles. The van der Waals surface area contributed by atoms with Crippen molar-refractivity contribution < 1.29 is 13.2 Å². The number of rotatable bonds is 7. The lowest BCUT2D eigenvalue weighted by atomic mass is 10.2. The molecular weight excluding hydrogens is 422 g/mol. The molecule has 3 aromatic rings. The van der Waals surface area contributed by atoms with Gasteiger partial charge in [0, 0.05) is 0 Å². The molecule has 0 saturated heterocycles. The summed E-state index contributed by atoms with van der Waals surface area (Å²) in [5.74, 6) is -0.599. The molecule has 0 bridgehead atoms. The molecule has 1 N–H and O–H groups in total. The van der Waals surface area contributed by atoms with E-state index in [2.05, 4.69) is 10.5 Å². The molecule has 0 heterocycles. The molecule has 0 fully saturated rings. The standard InChI is InChI=1S/C22H20ClN3O3S/c1-17-8-7-9-18(14-17)15-24-25-22(27)16-26(21-13-6-5-12-20(21)23)30(28,29)19-10-3-2-4-11-19/h2-15H,16H2,1H3,(H,25,27)/b24-15-. The highest BCUT2D eigenvalue weighted by Crippen LogP contribution is 2.30. The Balaban J connectivity index is 1.84. The van der Waals surface area contributed by atoms with Gasteiger partial charge in [-0.15, -0.1) is 0 Å². The molecule has 1 amide bonds. The summed E-state index contributed by atoms with van der Waals surface area (Å²) in [6.45, 7) is 1.47. The first-order chi connectivity index (χ1) is 14.4. The lowest BCUT2D eigenvalue weighted by Crippen LogP contribution is -2.39. The van der Waals surface area contributed by atoms with E-state index in [9.17, 15) is 13.2 Å². The van der Waals surface area contributed by atoms with Crippen molar-refractivity contribution in [2.75, 3.05) is 10.8 Å². The third kappa shape index (κ3) is 5.25. The summed E-state index contributed by atoms with van der Waals surface area (Å²) in [5.41, 5.74) is 4.46. The minimum absolute atomic E-state index is 0.0565. The van der Waals surface area contributed by atoms with Crippen molar-refractivity contribution in [3.63, 3.8) is 0 Å². The average molecular weight is 442 g/mol. The highest BCUT2D eigenvalue weighted by Gasteiger charge is 2.28. The van der Waals surface area contributed by atoms with Crippen LogP contribution in [-0.2, 0) is 14.8 Å². The fraction of sp³-hybridized carbons (Fsp3) is 0.0909. The van der Waals surface area contributed by atoms with Crippen molar-refractivity contribution in [1.82, 2.24) is 5.43 Å². The van der Waals surface area contributed by atoms with Gasteiger partial charge in [0.2, 0.25) is 0 Å². The molecule has 0 radical (unpaired) electrons. The Morgan fingerprint density at radius 2 is 1.73 bits per heavy atom. The molecule has 0 spiro atoms. The van der Waals surface area contributed by atoms with Crippen molar-refractivity contribution >= 4 is 39.4 Å². The van der Waals surface area contributed by atoms with E-state index in [0.29, 0.717) is 0 Å². The first-order valence-electron chi connectivity index (χ1n) is 9.09. The van der Waals surface area contributed by atoms with Crippen molar-refractivity contribution in [3.05, 3.63) is 95.0 Å². The number of carbonyl (C=O) groups is 1. The van der Waals surface area contributed by atoms with Gasteiger partial charge in [-0.25, -0.2) is 13.8 Å². The van der Waals surface area contributed by atoms with Gasteiger partial charge in [0.25, 0.3) is 15.9 Å². The van der Waals surface area contributed by atoms with Gasteiger partial charge in [-0.3, -0.25) is 9.10 Å². The third-order valence-electron chi connectivity index (χ3n) is 4.18. The Kier molecular flexibility index (Phi) is 6.87. The summed E-state index contributed by atoms with van der Waals surface area (Å²) in [6.07, 6.45) is 1.50. The smallest absolute Gasteiger partial charge is 0.264 e. The monoisotopic (exact) mass is 441 g/mol. The Bertz CT molecular complexity index is 1170. The van der Waals surface area contributed by atoms with E-state index in [4.69, 9.17) is 11.6 Å². The molecule has 30 heavy (non-hydrogen) atoms. The Hall–Kier alpha value is -3.16. The van der Waals surface area contributed by atoms with E-state index in [1.165, 1.54) is 18.3 Å². The molecule has 3 aromatic carbocycles. The van der Waals surface area contributed by atoms with Crippen LogP contribution in [0, 0.1) is 6.92 Å². The van der Waals surface area contributed by atoms with Crippen LogP contribution >= 0.6 is 11.6 Å². The summed E-state index contributed by atoms with van der Waals surface area (Å²) < 4.78 is 27.4. The van der Waals surface area contributed by atoms with E-state index in [1.807, 2.05) is 31.2 Å². The number of hydrogen-bond donors (Lipinski definition) is 1. The van der Waals surface area contributed by atoms with E-state index in [1.54, 1.807) is 42.5 Å². The van der Waals surface area contributed by atoms with Gasteiger partial charge in [-0.05, 0) is 36.8 Å². The highest BCUT2D eigenvalue weighted by molar-refractivity contribution is 7.92. The zero-order valence-electron chi connectivity index (χ0n) is 16.2. The number of amides is 1. The van der Waals surface area contributed by atoms with Crippen LogP contribution in [0.3, 0.4) is 0 Å². The fourth-order valence-corrected chi connectivity index (χ4v) is 4.52. The predicted octanol–water partition coefficient (Wildman–Crippen LogP) is 3.99. The number of nitrogens with zero attached hydrogens (tertiary/aromatic N) is 2. The topological polar surface area (TPSA) is 78.8 Å². The molecule has 8 heteroatoms. The second-order valence-corrected chi connectivity index (χ2v) is 8.75. The first-order valence-corrected chi connectivity index (χ1v) is 10.9. The number of para-hydroxylation sites is 1. The molecule has 0 atom stereocenters. The van der Waals surface area contributed by atoms with Crippen LogP contribution in [0.25, 0.3) is 0 Å². The Morgan fingerprint density at radius 1 is 1.03 bits per heavy atom. The summed E-state index contributed by atoms with van der Waals surface area (Å²) in [5, 5.41) is 4.14. The van der Waals surface area contributed by atoms with Crippen molar-refractivity contribution in [2.24, 2.45) is 5.10 Å². The van der Waals surface area contributed by atoms with Crippen molar-refractivity contribution in [1.29, 1.82) is 0 Å². The SMILES string of the molecule is Cc1cccc(/C=N\NC(=O)CN(c2ccccc2Cl)S(=O)(=O)c2ccccc2)c1. The number of carbonyl (C=O) groups excluding carboxylic acids is 1. The van der Waals surface area contributed by atoms with E-state index >= 15 is 0 Å². The van der Waals surface area contributed by atoms with Gasteiger partial charge in [-0.2, -0.15) is 5.10 Å². The van der Waals surface area contributed by atoms with Crippen LogP contribution in [0.4, 0.5) is 5.69 Å². The number of nitrogens with one attached hydrogen (secondary N) is 1. The number of aryl methyl sites for hydroxylation is 1. The van der Waals surface area contributed by atoms with Crippen LogP contribution in [0.5, 0.6) is 0 Å². The highest BCUT2D eigenvalue weighted by atomic mass is 35.5. The molecule has 3 rings (SSSR count). The minimum Gasteiger partial charge on any atom is -0.271 e. The van der Waals surface area contributed by atoms with Gasteiger partial charge in [-0.1, -0.05) is 71.8 Å².